The van der Waals surface area contributed by atoms with Crippen molar-refractivity contribution in [1.82, 2.24) is 5.32 Å². The Morgan fingerprint density at radius 1 is 1.50 bits per heavy atom. The standard InChI is InChI=1S/C13H19NO2/c1-9(10-4-5-15-8-10)14-7-11-6-12-2-3-13(11)16-12/h4-5,8-9,11-14H,2-3,6-7H2,1H3. The molecule has 2 saturated heterocycles. The van der Waals surface area contributed by atoms with Gasteiger partial charge in [-0.25, -0.2) is 0 Å². The molecule has 2 aliphatic heterocycles. The third-order valence-electron chi connectivity index (χ3n) is 3.96. The van der Waals surface area contributed by atoms with Crippen molar-refractivity contribution in [2.24, 2.45) is 5.92 Å². The molecule has 0 spiro atoms. The van der Waals surface area contributed by atoms with Crippen molar-refractivity contribution in [3.63, 3.8) is 0 Å². The average Bonchev–Trinajstić information content (AvgIpc) is 3.01. The zero-order valence-corrected chi connectivity index (χ0v) is 9.69. The topological polar surface area (TPSA) is 34.4 Å². The molecule has 1 N–H and O–H groups in total. The Bertz CT molecular complexity index is 336. The summed E-state index contributed by atoms with van der Waals surface area (Å²) >= 11 is 0. The fraction of sp³-hybridized carbons (Fsp3) is 0.692. The first-order valence-corrected chi connectivity index (χ1v) is 6.24. The second-order valence-corrected chi connectivity index (χ2v) is 5.06. The van der Waals surface area contributed by atoms with Gasteiger partial charge < -0.3 is 14.5 Å². The number of rotatable bonds is 4. The third kappa shape index (κ3) is 1.89. The molecule has 2 fully saturated rings. The monoisotopic (exact) mass is 221 g/mol. The fourth-order valence-corrected chi connectivity index (χ4v) is 2.93. The van der Waals surface area contributed by atoms with E-state index in [1.54, 1.807) is 6.26 Å². The number of hydrogen-bond donors (Lipinski definition) is 1. The quantitative estimate of drug-likeness (QED) is 0.848. The van der Waals surface area contributed by atoms with E-state index in [0.29, 0.717) is 24.2 Å². The largest absolute Gasteiger partial charge is 0.472 e. The average molecular weight is 221 g/mol. The molecule has 0 saturated carbocycles. The number of ether oxygens (including phenoxy) is 1. The van der Waals surface area contributed by atoms with Crippen LogP contribution in [0, 0.1) is 5.92 Å². The maximum absolute atomic E-state index is 5.85. The van der Waals surface area contributed by atoms with E-state index in [1.165, 1.54) is 24.8 Å². The molecule has 4 unspecified atom stereocenters. The lowest BCUT2D eigenvalue weighted by Gasteiger charge is -2.21. The minimum atomic E-state index is 0.373. The van der Waals surface area contributed by atoms with Crippen molar-refractivity contribution < 1.29 is 9.15 Å². The molecular weight excluding hydrogens is 202 g/mol. The van der Waals surface area contributed by atoms with Crippen LogP contribution in [0.25, 0.3) is 0 Å². The van der Waals surface area contributed by atoms with Crippen molar-refractivity contribution in [2.75, 3.05) is 6.54 Å². The Balaban J connectivity index is 1.50. The Kier molecular flexibility index (Phi) is 2.74. The minimum absolute atomic E-state index is 0.373. The molecule has 3 heteroatoms. The van der Waals surface area contributed by atoms with Gasteiger partial charge in [0.15, 0.2) is 0 Å². The summed E-state index contributed by atoms with van der Waals surface area (Å²) in [5, 5.41) is 3.57. The molecule has 88 valence electrons. The predicted octanol–water partition coefficient (Wildman–Crippen LogP) is 2.50. The summed E-state index contributed by atoms with van der Waals surface area (Å²) in [6, 6.07) is 2.40. The summed E-state index contributed by atoms with van der Waals surface area (Å²) in [5.74, 6) is 0.716. The lowest BCUT2D eigenvalue weighted by Crippen LogP contribution is -2.31. The number of fused-ring (bicyclic) bond motifs is 2. The zero-order chi connectivity index (χ0) is 11.0. The van der Waals surface area contributed by atoms with Crippen molar-refractivity contribution in [1.29, 1.82) is 0 Å². The van der Waals surface area contributed by atoms with E-state index >= 15 is 0 Å². The summed E-state index contributed by atoms with van der Waals surface area (Å²) in [5.41, 5.74) is 1.23. The van der Waals surface area contributed by atoms with Gasteiger partial charge in [0.1, 0.15) is 0 Å². The maximum Gasteiger partial charge on any atom is 0.0950 e. The van der Waals surface area contributed by atoms with Crippen LogP contribution in [0.3, 0.4) is 0 Å². The first kappa shape index (κ1) is 10.4. The zero-order valence-electron chi connectivity index (χ0n) is 9.69. The highest BCUT2D eigenvalue weighted by Gasteiger charge is 2.40. The van der Waals surface area contributed by atoms with Crippen LogP contribution in [0.1, 0.15) is 37.8 Å². The van der Waals surface area contributed by atoms with Crippen molar-refractivity contribution in [3.05, 3.63) is 24.2 Å². The van der Waals surface area contributed by atoms with Gasteiger partial charge >= 0.3 is 0 Å². The molecule has 3 rings (SSSR count). The normalized spacial score (nSPS) is 34.4. The van der Waals surface area contributed by atoms with Gasteiger partial charge in [-0.2, -0.15) is 0 Å². The second-order valence-electron chi connectivity index (χ2n) is 5.06. The van der Waals surface area contributed by atoms with E-state index in [0.717, 1.165) is 6.54 Å². The van der Waals surface area contributed by atoms with Crippen LogP contribution in [0.4, 0.5) is 0 Å². The van der Waals surface area contributed by atoms with Crippen molar-refractivity contribution in [3.8, 4) is 0 Å². The van der Waals surface area contributed by atoms with Gasteiger partial charge in [-0.05, 0) is 32.3 Å². The predicted molar refractivity (Wildman–Crippen MR) is 61.1 cm³/mol. The highest BCUT2D eigenvalue weighted by atomic mass is 16.5. The molecule has 1 aromatic heterocycles. The third-order valence-corrected chi connectivity index (χ3v) is 3.96. The van der Waals surface area contributed by atoms with Crippen LogP contribution in [0.2, 0.25) is 0 Å². The van der Waals surface area contributed by atoms with Crippen LogP contribution >= 0.6 is 0 Å². The highest BCUT2D eigenvalue weighted by molar-refractivity contribution is 5.10. The summed E-state index contributed by atoms with van der Waals surface area (Å²) in [6.45, 7) is 3.24. The van der Waals surface area contributed by atoms with Gasteiger partial charge in [0.25, 0.3) is 0 Å². The van der Waals surface area contributed by atoms with Crippen LogP contribution in [0.15, 0.2) is 23.0 Å². The van der Waals surface area contributed by atoms with E-state index in [4.69, 9.17) is 9.15 Å². The molecule has 1 aromatic rings. The van der Waals surface area contributed by atoms with E-state index in [1.807, 2.05) is 12.3 Å². The second kappa shape index (κ2) is 4.22. The summed E-state index contributed by atoms with van der Waals surface area (Å²) in [6.07, 6.45) is 8.41. The molecule has 2 bridgehead atoms. The smallest absolute Gasteiger partial charge is 0.0950 e. The summed E-state index contributed by atoms with van der Waals surface area (Å²) in [4.78, 5) is 0. The number of hydrogen-bond acceptors (Lipinski definition) is 3. The Morgan fingerprint density at radius 3 is 3.06 bits per heavy atom. The Hall–Kier alpha value is -0.800. The molecule has 2 aliphatic rings. The van der Waals surface area contributed by atoms with Crippen LogP contribution in [-0.2, 0) is 4.74 Å². The lowest BCUT2D eigenvalue weighted by molar-refractivity contribution is 0.0920. The highest BCUT2D eigenvalue weighted by Crippen LogP contribution is 2.38. The molecule has 0 amide bonds. The SMILES string of the molecule is CC(NCC1CC2CCC1O2)c1ccoc1. The molecule has 0 aliphatic carbocycles. The van der Waals surface area contributed by atoms with Gasteiger partial charge in [-0.1, -0.05) is 0 Å². The van der Waals surface area contributed by atoms with Gasteiger partial charge in [0.2, 0.25) is 0 Å². The minimum Gasteiger partial charge on any atom is -0.472 e. The van der Waals surface area contributed by atoms with Gasteiger partial charge in [0.05, 0.1) is 24.7 Å². The van der Waals surface area contributed by atoms with E-state index in [2.05, 4.69) is 12.2 Å². The van der Waals surface area contributed by atoms with E-state index in [9.17, 15) is 0 Å². The Labute approximate surface area is 96.2 Å². The number of furan rings is 1. The molecule has 4 atom stereocenters. The van der Waals surface area contributed by atoms with Gasteiger partial charge in [-0.3, -0.25) is 0 Å². The van der Waals surface area contributed by atoms with E-state index in [-0.39, 0.29) is 0 Å². The van der Waals surface area contributed by atoms with Crippen LogP contribution < -0.4 is 5.32 Å². The van der Waals surface area contributed by atoms with Crippen molar-refractivity contribution in [2.45, 2.75) is 44.4 Å². The van der Waals surface area contributed by atoms with Crippen LogP contribution in [0.5, 0.6) is 0 Å². The maximum atomic E-state index is 5.85. The lowest BCUT2D eigenvalue weighted by atomic mass is 9.89. The molecule has 3 nitrogen and oxygen atoms in total. The summed E-state index contributed by atoms with van der Waals surface area (Å²) < 4.78 is 10.9. The first-order chi connectivity index (χ1) is 7.83. The molecule has 3 heterocycles. The van der Waals surface area contributed by atoms with Crippen LogP contribution in [-0.4, -0.2) is 18.8 Å². The Morgan fingerprint density at radius 2 is 2.44 bits per heavy atom. The summed E-state index contributed by atoms with van der Waals surface area (Å²) in [7, 11) is 0. The molecule has 16 heavy (non-hydrogen) atoms. The fourth-order valence-electron chi connectivity index (χ4n) is 2.93. The molecule has 0 aromatic carbocycles. The van der Waals surface area contributed by atoms with Gasteiger partial charge in [-0.15, -0.1) is 0 Å². The first-order valence-electron chi connectivity index (χ1n) is 6.24. The van der Waals surface area contributed by atoms with Gasteiger partial charge in [0, 0.05) is 24.1 Å². The van der Waals surface area contributed by atoms with E-state index < -0.39 is 0 Å². The molecule has 0 radical (unpaired) electrons. The van der Waals surface area contributed by atoms with Crippen molar-refractivity contribution >= 4 is 0 Å². The molecular formula is C13H19NO2. The number of nitrogens with one attached hydrogen (secondary N) is 1.